The van der Waals surface area contributed by atoms with Crippen molar-refractivity contribution in [2.24, 2.45) is 10.9 Å². The highest BCUT2D eigenvalue weighted by molar-refractivity contribution is 7.99. The van der Waals surface area contributed by atoms with E-state index in [2.05, 4.69) is 80.6 Å². The first-order chi connectivity index (χ1) is 15.2. The molecule has 4 bridgehead atoms. The SMILES string of the molecule is CC(C)[C@H]1COC(c2c3ccc(c2Sc2ccccc2)CCc2ccc(cc2)CC3)=N1. The zero-order valence-corrected chi connectivity index (χ0v) is 19.1. The molecule has 0 aromatic heterocycles. The summed E-state index contributed by atoms with van der Waals surface area (Å²) < 4.78 is 6.24. The molecular weight excluding hydrogens is 398 g/mol. The number of aliphatic imine (C=N–C) groups is 1. The van der Waals surface area contributed by atoms with Crippen LogP contribution < -0.4 is 0 Å². The number of benzene rings is 3. The zero-order chi connectivity index (χ0) is 21.2. The highest BCUT2D eigenvalue weighted by atomic mass is 32.2. The molecule has 8 rings (SSSR count). The van der Waals surface area contributed by atoms with Crippen LogP contribution in [0.4, 0.5) is 0 Å². The molecule has 158 valence electrons. The molecule has 31 heavy (non-hydrogen) atoms. The molecule has 0 radical (unpaired) electrons. The van der Waals surface area contributed by atoms with Gasteiger partial charge < -0.3 is 4.74 Å². The van der Waals surface area contributed by atoms with Crippen molar-refractivity contribution in [1.29, 1.82) is 0 Å². The Labute approximate surface area is 189 Å². The predicted molar refractivity (Wildman–Crippen MR) is 129 cm³/mol. The van der Waals surface area contributed by atoms with Crippen molar-refractivity contribution >= 4 is 17.7 Å². The third-order valence-electron chi connectivity index (χ3n) is 6.33. The van der Waals surface area contributed by atoms with Crippen molar-refractivity contribution in [2.45, 2.75) is 55.4 Å². The van der Waals surface area contributed by atoms with Gasteiger partial charge in [-0.05, 0) is 66.0 Å². The minimum Gasteiger partial charge on any atom is -0.475 e. The molecule has 0 amide bonds. The van der Waals surface area contributed by atoms with Crippen LogP contribution >= 0.6 is 11.8 Å². The number of nitrogens with zero attached hydrogens (tertiary/aromatic N) is 1. The molecule has 3 aromatic rings. The summed E-state index contributed by atoms with van der Waals surface area (Å²) in [6.45, 7) is 5.15. The first-order valence-electron chi connectivity index (χ1n) is 11.3. The van der Waals surface area contributed by atoms with Crippen LogP contribution in [0.25, 0.3) is 0 Å². The molecule has 4 aliphatic carbocycles. The topological polar surface area (TPSA) is 21.6 Å². The lowest BCUT2D eigenvalue weighted by Crippen LogP contribution is -2.13. The van der Waals surface area contributed by atoms with Crippen LogP contribution in [0.2, 0.25) is 0 Å². The normalized spacial score (nSPS) is 17.9. The van der Waals surface area contributed by atoms with Crippen molar-refractivity contribution in [3.8, 4) is 0 Å². The third-order valence-corrected chi connectivity index (χ3v) is 7.51. The standard InChI is InChI=1S/C28H29NOS/c1-19(2)25-18-30-28(29-25)26-22-14-12-20-8-10-21(11-9-20)13-15-23(17-16-22)27(26)31-24-6-4-3-5-7-24/h3-11,16-17,19,25H,12-15,18H2,1-2H3/t25-/m1/s1. The Morgan fingerprint density at radius 3 is 2.10 bits per heavy atom. The number of ether oxygens (including phenoxy) is 1. The van der Waals surface area contributed by atoms with Gasteiger partial charge in [-0.3, -0.25) is 0 Å². The molecule has 3 heteroatoms. The van der Waals surface area contributed by atoms with Crippen molar-refractivity contribution < 1.29 is 4.74 Å². The number of rotatable bonds is 4. The lowest BCUT2D eigenvalue weighted by Gasteiger charge is -2.20. The van der Waals surface area contributed by atoms with Gasteiger partial charge in [-0.25, -0.2) is 4.99 Å². The number of hydrogen-bond acceptors (Lipinski definition) is 3. The summed E-state index contributed by atoms with van der Waals surface area (Å²) in [5.74, 6) is 1.33. The molecule has 0 saturated carbocycles. The first-order valence-corrected chi connectivity index (χ1v) is 12.2. The van der Waals surface area contributed by atoms with Crippen molar-refractivity contribution in [3.05, 3.63) is 94.5 Å². The Balaban J connectivity index is 1.64. The summed E-state index contributed by atoms with van der Waals surface area (Å²) in [5, 5.41) is 0. The third kappa shape index (κ3) is 4.43. The van der Waals surface area contributed by atoms with Gasteiger partial charge in [0.05, 0.1) is 11.6 Å². The quantitative estimate of drug-likeness (QED) is 0.472. The van der Waals surface area contributed by atoms with Crippen molar-refractivity contribution in [3.63, 3.8) is 0 Å². The van der Waals surface area contributed by atoms with E-state index >= 15 is 0 Å². The van der Waals surface area contributed by atoms with E-state index in [0.717, 1.165) is 31.6 Å². The smallest absolute Gasteiger partial charge is 0.218 e. The fraction of sp³-hybridized carbons (Fsp3) is 0.321. The van der Waals surface area contributed by atoms with Gasteiger partial charge in [-0.2, -0.15) is 0 Å². The monoisotopic (exact) mass is 427 g/mol. The van der Waals surface area contributed by atoms with Gasteiger partial charge in [-0.15, -0.1) is 0 Å². The zero-order valence-electron chi connectivity index (χ0n) is 18.3. The van der Waals surface area contributed by atoms with Gasteiger partial charge >= 0.3 is 0 Å². The summed E-state index contributed by atoms with van der Waals surface area (Å²) in [5.41, 5.74) is 6.75. The second-order valence-corrected chi connectivity index (χ2v) is 9.96. The number of aryl methyl sites for hydroxylation is 4. The first kappa shape index (κ1) is 20.4. The van der Waals surface area contributed by atoms with Crippen LogP contribution in [-0.2, 0) is 30.4 Å². The Morgan fingerprint density at radius 2 is 1.45 bits per heavy atom. The van der Waals surface area contributed by atoms with Crippen LogP contribution in [0.15, 0.2) is 81.5 Å². The van der Waals surface area contributed by atoms with E-state index in [1.54, 1.807) is 0 Å². The molecule has 0 spiro atoms. The van der Waals surface area contributed by atoms with E-state index in [1.165, 1.54) is 37.6 Å². The van der Waals surface area contributed by atoms with E-state index in [0.29, 0.717) is 12.5 Å². The summed E-state index contributed by atoms with van der Waals surface area (Å²) in [7, 11) is 0. The van der Waals surface area contributed by atoms with Gasteiger partial charge in [0.2, 0.25) is 5.90 Å². The fourth-order valence-corrected chi connectivity index (χ4v) is 5.48. The Kier molecular flexibility index (Phi) is 5.87. The van der Waals surface area contributed by atoms with Crippen LogP contribution in [0, 0.1) is 5.92 Å². The minimum absolute atomic E-state index is 0.242. The molecule has 0 saturated heterocycles. The second kappa shape index (κ2) is 8.92. The molecule has 1 aliphatic heterocycles. The maximum Gasteiger partial charge on any atom is 0.218 e. The largest absolute Gasteiger partial charge is 0.475 e. The molecular formula is C28H29NOS. The van der Waals surface area contributed by atoms with Gasteiger partial charge in [0.25, 0.3) is 0 Å². The van der Waals surface area contributed by atoms with Gasteiger partial charge in [-0.1, -0.05) is 80.2 Å². The van der Waals surface area contributed by atoms with Crippen LogP contribution in [0.1, 0.15) is 41.7 Å². The molecule has 0 N–H and O–H groups in total. The Hall–Kier alpha value is -2.52. The maximum atomic E-state index is 6.24. The molecule has 0 unspecified atom stereocenters. The second-order valence-electron chi connectivity index (χ2n) is 8.88. The molecule has 5 aliphatic rings. The van der Waals surface area contributed by atoms with Crippen LogP contribution in [-0.4, -0.2) is 18.5 Å². The molecule has 2 nitrogen and oxygen atoms in total. The Bertz CT molecular complexity index is 1090. The number of hydrogen-bond donors (Lipinski definition) is 0. The molecule has 3 aromatic carbocycles. The fourth-order valence-electron chi connectivity index (χ4n) is 4.33. The summed E-state index contributed by atoms with van der Waals surface area (Å²) in [6.07, 6.45) is 4.08. The lowest BCUT2D eigenvalue weighted by atomic mass is 9.93. The molecule has 1 atom stereocenters. The lowest BCUT2D eigenvalue weighted by molar-refractivity contribution is 0.291. The van der Waals surface area contributed by atoms with E-state index < -0.39 is 0 Å². The van der Waals surface area contributed by atoms with Crippen LogP contribution in [0.3, 0.4) is 0 Å². The van der Waals surface area contributed by atoms with Gasteiger partial charge in [0.15, 0.2) is 0 Å². The van der Waals surface area contributed by atoms with Crippen molar-refractivity contribution in [1.82, 2.24) is 0 Å². The van der Waals surface area contributed by atoms with Gasteiger partial charge in [0, 0.05) is 9.79 Å². The Morgan fingerprint density at radius 1 is 0.806 bits per heavy atom. The average Bonchev–Trinajstić information content (AvgIpc) is 3.27. The molecule has 1 heterocycles. The van der Waals surface area contributed by atoms with E-state index in [1.807, 2.05) is 11.8 Å². The van der Waals surface area contributed by atoms with Crippen molar-refractivity contribution in [2.75, 3.05) is 6.61 Å². The molecule has 0 fully saturated rings. The highest BCUT2D eigenvalue weighted by Gasteiger charge is 2.28. The predicted octanol–water partition coefficient (Wildman–Crippen LogP) is 6.52. The van der Waals surface area contributed by atoms with E-state index in [4.69, 9.17) is 9.73 Å². The summed E-state index contributed by atoms with van der Waals surface area (Å²) in [6, 6.07) is 24.8. The average molecular weight is 428 g/mol. The maximum absolute atomic E-state index is 6.24. The minimum atomic E-state index is 0.242. The summed E-state index contributed by atoms with van der Waals surface area (Å²) in [4.78, 5) is 7.64. The summed E-state index contributed by atoms with van der Waals surface area (Å²) >= 11 is 1.86. The van der Waals surface area contributed by atoms with E-state index in [-0.39, 0.29) is 6.04 Å². The highest BCUT2D eigenvalue weighted by Crippen LogP contribution is 2.38. The van der Waals surface area contributed by atoms with Gasteiger partial charge in [0.1, 0.15) is 6.61 Å². The van der Waals surface area contributed by atoms with E-state index in [9.17, 15) is 0 Å². The van der Waals surface area contributed by atoms with Crippen LogP contribution in [0.5, 0.6) is 0 Å².